The van der Waals surface area contributed by atoms with Gasteiger partial charge in [0.1, 0.15) is 5.82 Å². The summed E-state index contributed by atoms with van der Waals surface area (Å²) in [7, 11) is -3.47. The summed E-state index contributed by atoms with van der Waals surface area (Å²) in [6.07, 6.45) is 4.41. The molecule has 1 rings (SSSR count). The Morgan fingerprint density at radius 3 is 2.71 bits per heavy atom. The summed E-state index contributed by atoms with van der Waals surface area (Å²) in [5, 5.41) is 0.157. The molecule has 17 heavy (non-hydrogen) atoms. The van der Waals surface area contributed by atoms with E-state index in [-0.39, 0.29) is 5.03 Å². The van der Waals surface area contributed by atoms with Crippen molar-refractivity contribution in [1.29, 1.82) is 0 Å². The van der Waals surface area contributed by atoms with Crippen LogP contribution in [0.15, 0.2) is 23.9 Å². The second kappa shape index (κ2) is 5.97. The van der Waals surface area contributed by atoms with E-state index in [4.69, 9.17) is 0 Å². The highest BCUT2D eigenvalue weighted by Gasteiger charge is 2.24. The smallest absolute Gasteiger partial charge is 0.260 e. The van der Waals surface area contributed by atoms with Crippen LogP contribution in [0.5, 0.6) is 0 Å². The van der Waals surface area contributed by atoms with Gasteiger partial charge in [-0.15, -0.1) is 6.58 Å². The zero-order valence-electron chi connectivity index (χ0n) is 10.3. The van der Waals surface area contributed by atoms with Crippen LogP contribution in [0.2, 0.25) is 0 Å². The van der Waals surface area contributed by atoms with Gasteiger partial charge < -0.3 is 4.98 Å². The first-order valence-electron chi connectivity index (χ1n) is 5.71. The number of hydrogen-bond donors (Lipinski definition) is 1. The molecule has 0 bridgehead atoms. The van der Waals surface area contributed by atoms with Gasteiger partial charge in [-0.25, -0.2) is 13.4 Å². The number of hydrogen-bond acceptors (Lipinski definition) is 3. The Morgan fingerprint density at radius 1 is 1.53 bits per heavy atom. The summed E-state index contributed by atoms with van der Waals surface area (Å²) < 4.78 is 25.9. The first kappa shape index (κ1) is 13.9. The van der Waals surface area contributed by atoms with E-state index in [1.54, 1.807) is 6.08 Å². The van der Waals surface area contributed by atoms with Crippen molar-refractivity contribution in [3.63, 3.8) is 0 Å². The monoisotopic (exact) mass is 257 g/mol. The Kier molecular flexibility index (Phi) is 4.89. The van der Waals surface area contributed by atoms with E-state index in [0.717, 1.165) is 6.42 Å². The molecule has 0 radical (unpaired) electrons. The molecular weight excluding hydrogens is 238 g/mol. The van der Waals surface area contributed by atoms with Crippen molar-refractivity contribution < 1.29 is 8.42 Å². The summed E-state index contributed by atoms with van der Waals surface area (Å²) in [5.41, 5.74) is 0. The van der Waals surface area contributed by atoms with E-state index in [1.165, 1.54) is 10.5 Å². The van der Waals surface area contributed by atoms with Gasteiger partial charge in [0.25, 0.3) is 10.0 Å². The van der Waals surface area contributed by atoms with Crippen molar-refractivity contribution in [3.05, 3.63) is 24.7 Å². The molecule has 1 heterocycles. The molecule has 0 saturated carbocycles. The molecule has 1 aromatic heterocycles. The van der Waals surface area contributed by atoms with Crippen molar-refractivity contribution in [2.24, 2.45) is 0 Å². The molecule has 0 aliphatic heterocycles. The lowest BCUT2D eigenvalue weighted by Gasteiger charge is -2.18. The lowest BCUT2D eigenvalue weighted by molar-refractivity contribution is 0.439. The Labute approximate surface area is 103 Å². The predicted molar refractivity (Wildman–Crippen MR) is 67.2 cm³/mol. The molecule has 0 saturated heterocycles. The number of aromatic amines is 1. The Hall–Kier alpha value is -1.14. The largest absolute Gasteiger partial charge is 0.332 e. The SMILES string of the molecule is C=CCN(CCC)S(=O)(=O)c1cnc(CC)[nH]1. The van der Waals surface area contributed by atoms with Crippen LogP contribution in [0.3, 0.4) is 0 Å². The maximum Gasteiger partial charge on any atom is 0.260 e. The van der Waals surface area contributed by atoms with Gasteiger partial charge >= 0.3 is 0 Å². The van der Waals surface area contributed by atoms with Gasteiger partial charge in [-0.2, -0.15) is 4.31 Å². The quantitative estimate of drug-likeness (QED) is 0.754. The van der Waals surface area contributed by atoms with E-state index in [0.29, 0.717) is 25.3 Å². The number of aryl methyl sites for hydroxylation is 1. The Balaban J connectivity index is 3.02. The summed E-state index contributed by atoms with van der Waals surface area (Å²) in [4.78, 5) is 6.84. The van der Waals surface area contributed by atoms with E-state index in [2.05, 4.69) is 16.5 Å². The van der Waals surface area contributed by atoms with Crippen molar-refractivity contribution in [3.8, 4) is 0 Å². The van der Waals surface area contributed by atoms with Gasteiger partial charge in [0, 0.05) is 19.5 Å². The van der Waals surface area contributed by atoms with Crippen LogP contribution in [-0.4, -0.2) is 35.8 Å². The summed E-state index contributed by atoms with van der Waals surface area (Å²) >= 11 is 0. The van der Waals surface area contributed by atoms with Crippen molar-refractivity contribution >= 4 is 10.0 Å². The highest BCUT2D eigenvalue weighted by Crippen LogP contribution is 2.14. The highest BCUT2D eigenvalue weighted by molar-refractivity contribution is 7.89. The molecule has 1 aromatic rings. The molecule has 0 atom stereocenters. The van der Waals surface area contributed by atoms with Gasteiger partial charge in [0.2, 0.25) is 0 Å². The van der Waals surface area contributed by atoms with Crippen molar-refractivity contribution in [2.75, 3.05) is 13.1 Å². The van der Waals surface area contributed by atoms with Crippen LogP contribution in [0.25, 0.3) is 0 Å². The van der Waals surface area contributed by atoms with Crippen molar-refractivity contribution in [1.82, 2.24) is 14.3 Å². The summed E-state index contributed by atoms with van der Waals surface area (Å²) in [5.74, 6) is 0.679. The van der Waals surface area contributed by atoms with E-state index >= 15 is 0 Å². The van der Waals surface area contributed by atoms with Crippen molar-refractivity contribution in [2.45, 2.75) is 31.7 Å². The third-order valence-corrected chi connectivity index (χ3v) is 4.14. The first-order valence-corrected chi connectivity index (χ1v) is 7.15. The number of H-pyrrole nitrogens is 1. The number of sulfonamides is 1. The fraction of sp³-hybridized carbons (Fsp3) is 0.545. The maximum absolute atomic E-state index is 12.2. The van der Waals surface area contributed by atoms with Crippen LogP contribution < -0.4 is 0 Å². The van der Waals surface area contributed by atoms with Crippen LogP contribution in [0.4, 0.5) is 0 Å². The minimum Gasteiger partial charge on any atom is -0.332 e. The van der Waals surface area contributed by atoms with Crippen LogP contribution in [0, 0.1) is 0 Å². The Bertz CT molecular complexity index is 465. The standard InChI is InChI=1S/C11H19N3O2S/c1-4-7-14(8-5-2)17(15,16)11-9-12-10(6-3)13-11/h4,9H,1,5-8H2,2-3H3,(H,12,13). The number of nitrogens with zero attached hydrogens (tertiary/aromatic N) is 2. The van der Waals surface area contributed by atoms with E-state index < -0.39 is 10.0 Å². The number of rotatable bonds is 7. The lowest BCUT2D eigenvalue weighted by Crippen LogP contribution is -2.32. The normalized spacial score (nSPS) is 11.9. The van der Waals surface area contributed by atoms with Crippen LogP contribution in [0.1, 0.15) is 26.1 Å². The maximum atomic E-state index is 12.2. The zero-order chi connectivity index (χ0) is 12.9. The predicted octanol–water partition coefficient (Wildman–Crippen LogP) is 1.56. The molecule has 0 fully saturated rings. The molecule has 0 spiro atoms. The van der Waals surface area contributed by atoms with E-state index in [9.17, 15) is 8.42 Å². The summed E-state index contributed by atoms with van der Waals surface area (Å²) in [6.45, 7) is 8.24. The fourth-order valence-electron chi connectivity index (χ4n) is 1.50. The van der Waals surface area contributed by atoms with Gasteiger partial charge in [-0.1, -0.05) is 19.9 Å². The third kappa shape index (κ3) is 3.17. The molecule has 1 N–H and O–H groups in total. The van der Waals surface area contributed by atoms with Gasteiger partial charge in [0.15, 0.2) is 5.03 Å². The molecule has 0 aromatic carbocycles. The molecule has 0 unspecified atom stereocenters. The summed E-state index contributed by atoms with van der Waals surface area (Å²) in [6, 6.07) is 0. The molecule has 96 valence electrons. The molecule has 6 heteroatoms. The second-order valence-corrected chi connectivity index (χ2v) is 5.61. The average Bonchev–Trinajstić information content (AvgIpc) is 2.78. The lowest BCUT2D eigenvalue weighted by atomic mass is 10.5. The topological polar surface area (TPSA) is 66.1 Å². The molecule has 5 nitrogen and oxygen atoms in total. The molecular formula is C11H19N3O2S. The fourth-order valence-corrected chi connectivity index (χ4v) is 2.93. The molecule has 0 aliphatic rings. The molecule has 0 amide bonds. The Morgan fingerprint density at radius 2 is 2.24 bits per heavy atom. The number of imidazole rings is 1. The van der Waals surface area contributed by atoms with Crippen LogP contribution in [-0.2, 0) is 16.4 Å². The third-order valence-electron chi connectivity index (χ3n) is 2.36. The minimum absolute atomic E-state index is 0.157. The second-order valence-electron chi connectivity index (χ2n) is 3.70. The van der Waals surface area contributed by atoms with E-state index in [1.807, 2.05) is 13.8 Å². The average molecular weight is 257 g/mol. The zero-order valence-corrected chi connectivity index (χ0v) is 11.1. The first-order chi connectivity index (χ1) is 8.06. The number of aromatic nitrogens is 2. The minimum atomic E-state index is -3.47. The number of nitrogens with one attached hydrogen (secondary N) is 1. The molecule has 0 aliphatic carbocycles. The van der Waals surface area contributed by atoms with Gasteiger partial charge in [0.05, 0.1) is 6.20 Å². The van der Waals surface area contributed by atoms with Gasteiger partial charge in [-0.05, 0) is 6.42 Å². The highest BCUT2D eigenvalue weighted by atomic mass is 32.2. The van der Waals surface area contributed by atoms with Crippen LogP contribution >= 0.6 is 0 Å². The van der Waals surface area contributed by atoms with Gasteiger partial charge in [-0.3, -0.25) is 0 Å².